The minimum atomic E-state index is -0.0749. The summed E-state index contributed by atoms with van der Waals surface area (Å²) in [5.41, 5.74) is 5.53. The van der Waals surface area contributed by atoms with E-state index in [0.717, 1.165) is 23.9 Å². The van der Waals surface area contributed by atoms with Crippen LogP contribution in [0.25, 0.3) is 0 Å². The fourth-order valence-electron chi connectivity index (χ4n) is 1.85. The zero-order valence-corrected chi connectivity index (χ0v) is 13.0. The fraction of sp³-hybridized carbons (Fsp3) is 0.714. The number of nitrogens with zero attached hydrogens (tertiary/aromatic N) is 2. The average Bonchev–Trinajstić information content (AvgIpc) is 2.11. The molecule has 0 aromatic carbocycles. The maximum atomic E-state index is 5.63. The molecule has 0 aliphatic heterocycles. The second kappa shape index (κ2) is 5.74. The van der Waals surface area contributed by atoms with E-state index in [4.69, 9.17) is 5.73 Å². The van der Waals surface area contributed by atoms with Gasteiger partial charge in [0, 0.05) is 17.1 Å². The molecular formula is C14H27N5. The molecule has 1 aromatic heterocycles. The molecule has 108 valence electrons. The van der Waals surface area contributed by atoms with Crippen molar-refractivity contribution in [1.82, 2.24) is 9.97 Å². The van der Waals surface area contributed by atoms with Gasteiger partial charge in [0.1, 0.15) is 17.5 Å². The lowest BCUT2D eigenvalue weighted by molar-refractivity contribution is 0.524. The van der Waals surface area contributed by atoms with Crippen LogP contribution in [-0.2, 0) is 0 Å². The van der Waals surface area contributed by atoms with Gasteiger partial charge in [0.25, 0.3) is 0 Å². The highest BCUT2D eigenvalue weighted by atomic mass is 15.1. The van der Waals surface area contributed by atoms with Gasteiger partial charge in [-0.3, -0.25) is 0 Å². The van der Waals surface area contributed by atoms with E-state index >= 15 is 0 Å². The SMILES string of the molecule is Cc1nc(NC(C)(C)C)cc(NC(C)(C)CCN)n1. The van der Waals surface area contributed by atoms with Crippen molar-refractivity contribution in [1.29, 1.82) is 0 Å². The summed E-state index contributed by atoms with van der Waals surface area (Å²) in [5.74, 6) is 2.42. The number of hydrogen-bond acceptors (Lipinski definition) is 5. The Hall–Kier alpha value is -1.36. The Morgan fingerprint density at radius 2 is 1.58 bits per heavy atom. The van der Waals surface area contributed by atoms with Crippen molar-refractivity contribution in [2.24, 2.45) is 5.73 Å². The number of aromatic nitrogens is 2. The van der Waals surface area contributed by atoms with Crippen molar-refractivity contribution >= 4 is 11.6 Å². The molecule has 0 atom stereocenters. The van der Waals surface area contributed by atoms with Crippen molar-refractivity contribution in [3.05, 3.63) is 11.9 Å². The van der Waals surface area contributed by atoms with Gasteiger partial charge in [-0.2, -0.15) is 0 Å². The van der Waals surface area contributed by atoms with E-state index < -0.39 is 0 Å². The van der Waals surface area contributed by atoms with Gasteiger partial charge in [0.2, 0.25) is 0 Å². The molecule has 0 bridgehead atoms. The lowest BCUT2D eigenvalue weighted by Crippen LogP contribution is -2.34. The van der Waals surface area contributed by atoms with Crippen LogP contribution in [0.2, 0.25) is 0 Å². The van der Waals surface area contributed by atoms with Crippen molar-refractivity contribution in [3.63, 3.8) is 0 Å². The van der Waals surface area contributed by atoms with Crippen molar-refractivity contribution in [2.75, 3.05) is 17.2 Å². The van der Waals surface area contributed by atoms with E-state index in [1.54, 1.807) is 0 Å². The molecule has 5 nitrogen and oxygen atoms in total. The van der Waals surface area contributed by atoms with Crippen LogP contribution >= 0.6 is 0 Å². The predicted molar refractivity (Wildman–Crippen MR) is 81.5 cm³/mol. The molecule has 0 radical (unpaired) electrons. The van der Waals surface area contributed by atoms with E-state index in [9.17, 15) is 0 Å². The first-order chi connectivity index (χ1) is 8.61. The lowest BCUT2D eigenvalue weighted by Gasteiger charge is -2.27. The quantitative estimate of drug-likeness (QED) is 0.762. The molecular weight excluding hydrogens is 238 g/mol. The Kier molecular flexibility index (Phi) is 4.74. The zero-order chi connectivity index (χ0) is 14.7. The molecule has 0 amide bonds. The van der Waals surface area contributed by atoms with E-state index in [1.165, 1.54) is 0 Å². The summed E-state index contributed by atoms with van der Waals surface area (Å²) < 4.78 is 0. The fourth-order valence-corrected chi connectivity index (χ4v) is 1.85. The Morgan fingerprint density at radius 1 is 1.05 bits per heavy atom. The normalized spacial score (nSPS) is 12.4. The van der Waals surface area contributed by atoms with Crippen molar-refractivity contribution in [2.45, 2.75) is 59.0 Å². The van der Waals surface area contributed by atoms with Crippen LogP contribution < -0.4 is 16.4 Å². The summed E-state index contributed by atoms with van der Waals surface area (Å²) in [7, 11) is 0. The molecule has 0 unspecified atom stereocenters. The van der Waals surface area contributed by atoms with Gasteiger partial charge in [-0.15, -0.1) is 0 Å². The third kappa shape index (κ3) is 5.87. The van der Waals surface area contributed by atoms with Gasteiger partial charge >= 0.3 is 0 Å². The highest BCUT2D eigenvalue weighted by molar-refractivity contribution is 5.49. The number of rotatable bonds is 5. The van der Waals surface area contributed by atoms with E-state index in [2.05, 4.69) is 55.2 Å². The lowest BCUT2D eigenvalue weighted by atomic mass is 10.0. The summed E-state index contributed by atoms with van der Waals surface area (Å²) in [5, 5.41) is 6.78. The van der Waals surface area contributed by atoms with Gasteiger partial charge in [-0.1, -0.05) is 0 Å². The van der Waals surface area contributed by atoms with Crippen LogP contribution in [0, 0.1) is 6.92 Å². The molecule has 0 spiro atoms. The molecule has 4 N–H and O–H groups in total. The van der Waals surface area contributed by atoms with Gasteiger partial charge in [-0.25, -0.2) is 9.97 Å². The highest BCUT2D eigenvalue weighted by Gasteiger charge is 2.18. The first-order valence-electron chi connectivity index (χ1n) is 6.73. The van der Waals surface area contributed by atoms with Crippen molar-refractivity contribution < 1.29 is 0 Å². The molecule has 1 rings (SSSR count). The Balaban J connectivity index is 2.91. The summed E-state index contributed by atoms with van der Waals surface area (Å²) in [6.07, 6.45) is 0.887. The minimum absolute atomic E-state index is 0.0230. The minimum Gasteiger partial charge on any atom is -0.365 e. The van der Waals surface area contributed by atoms with Gasteiger partial charge < -0.3 is 16.4 Å². The zero-order valence-electron chi connectivity index (χ0n) is 13.0. The van der Waals surface area contributed by atoms with E-state index in [1.807, 2.05) is 13.0 Å². The molecule has 5 heteroatoms. The van der Waals surface area contributed by atoms with Crippen LogP contribution in [-0.4, -0.2) is 27.6 Å². The second-order valence-electron chi connectivity index (χ2n) is 6.61. The third-order valence-electron chi connectivity index (χ3n) is 2.58. The standard InChI is InChI=1S/C14H27N5/c1-10-16-11(18-13(2,3)4)9-12(17-10)19-14(5,6)7-8-15/h9H,7-8,15H2,1-6H3,(H2,16,17,18,19). The van der Waals surface area contributed by atoms with Gasteiger partial charge in [0.15, 0.2) is 0 Å². The van der Waals surface area contributed by atoms with Crippen LogP contribution in [0.1, 0.15) is 46.9 Å². The molecule has 19 heavy (non-hydrogen) atoms. The summed E-state index contributed by atoms with van der Waals surface area (Å²) in [6, 6.07) is 1.94. The van der Waals surface area contributed by atoms with Gasteiger partial charge in [0.05, 0.1) is 0 Å². The first-order valence-corrected chi connectivity index (χ1v) is 6.73. The Morgan fingerprint density at radius 3 is 2.05 bits per heavy atom. The van der Waals surface area contributed by atoms with E-state index in [0.29, 0.717) is 6.54 Å². The highest BCUT2D eigenvalue weighted by Crippen LogP contribution is 2.20. The summed E-state index contributed by atoms with van der Waals surface area (Å²) in [4.78, 5) is 8.84. The number of nitrogens with two attached hydrogens (primary N) is 1. The maximum Gasteiger partial charge on any atom is 0.132 e. The Bertz CT molecular complexity index is 420. The maximum absolute atomic E-state index is 5.63. The monoisotopic (exact) mass is 265 g/mol. The largest absolute Gasteiger partial charge is 0.365 e. The molecule has 0 saturated carbocycles. The van der Waals surface area contributed by atoms with Gasteiger partial charge in [-0.05, 0) is 54.5 Å². The molecule has 0 aliphatic rings. The summed E-state index contributed by atoms with van der Waals surface area (Å²) in [6.45, 7) is 13.1. The molecule has 0 fully saturated rings. The second-order valence-corrected chi connectivity index (χ2v) is 6.61. The molecule has 1 heterocycles. The number of anilines is 2. The van der Waals surface area contributed by atoms with Crippen LogP contribution in [0.4, 0.5) is 11.6 Å². The number of hydrogen-bond donors (Lipinski definition) is 3. The molecule has 0 saturated heterocycles. The van der Waals surface area contributed by atoms with Crippen LogP contribution in [0.5, 0.6) is 0 Å². The predicted octanol–water partition coefficient (Wildman–Crippen LogP) is 2.53. The van der Waals surface area contributed by atoms with Crippen LogP contribution in [0.3, 0.4) is 0 Å². The van der Waals surface area contributed by atoms with Crippen LogP contribution in [0.15, 0.2) is 6.07 Å². The molecule has 0 aliphatic carbocycles. The van der Waals surface area contributed by atoms with E-state index in [-0.39, 0.29) is 11.1 Å². The third-order valence-corrected chi connectivity index (χ3v) is 2.58. The smallest absolute Gasteiger partial charge is 0.132 e. The first kappa shape index (κ1) is 15.7. The number of nitrogens with one attached hydrogen (secondary N) is 2. The Labute approximate surface area is 116 Å². The topological polar surface area (TPSA) is 75.9 Å². The van der Waals surface area contributed by atoms with Crippen molar-refractivity contribution in [3.8, 4) is 0 Å². The average molecular weight is 265 g/mol. The molecule has 1 aromatic rings. The summed E-state index contributed by atoms with van der Waals surface area (Å²) >= 11 is 0. The number of aryl methyl sites for hydroxylation is 1.